The van der Waals surface area contributed by atoms with Crippen LogP contribution >= 0.6 is 31.9 Å². The second kappa shape index (κ2) is 10.9. The Hall–Kier alpha value is -2.77. The van der Waals surface area contributed by atoms with Gasteiger partial charge in [0.1, 0.15) is 18.2 Å². The van der Waals surface area contributed by atoms with E-state index < -0.39 is 0 Å². The highest BCUT2D eigenvalue weighted by Crippen LogP contribution is 2.18. The maximum absolute atomic E-state index is 13.1. The number of aromatic nitrogens is 2. The van der Waals surface area contributed by atoms with Crippen LogP contribution in [0.2, 0.25) is 0 Å². The molecule has 0 amide bonds. The first-order chi connectivity index (χ1) is 16.0. The minimum atomic E-state index is -0.168. The molecule has 0 unspecified atom stereocenters. The number of unbranched alkanes of at least 4 members (excludes halogenated alkanes) is 1. The van der Waals surface area contributed by atoms with Crippen LogP contribution in [0.25, 0.3) is 10.9 Å². The lowest BCUT2D eigenvalue weighted by atomic mass is 10.2. The van der Waals surface area contributed by atoms with E-state index in [1.54, 1.807) is 12.3 Å². The Morgan fingerprint density at radius 2 is 1.73 bits per heavy atom. The van der Waals surface area contributed by atoms with Crippen LogP contribution in [0, 0.1) is 0 Å². The second-order valence-corrected chi connectivity index (χ2v) is 9.47. The van der Waals surface area contributed by atoms with Gasteiger partial charge in [0.05, 0.1) is 17.1 Å². The number of hydrogen-bond acceptors (Lipinski definition) is 4. The summed E-state index contributed by atoms with van der Waals surface area (Å²) in [5.74, 6) is 1.44. The number of hydrogen-bond donors (Lipinski definition) is 0. The Labute approximate surface area is 209 Å². The summed E-state index contributed by atoms with van der Waals surface area (Å²) < 4.78 is 9.16. The Morgan fingerprint density at radius 1 is 1.00 bits per heavy atom. The van der Waals surface area contributed by atoms with Crippen molar-refractivity contribution in [3.63, 3.8) is 0 Å². The van der Waals surface area contributed by atoms with Crippen molar-refractivity contribution in [2.75, 3.05) is 0 Å². The van der Waals surface area contributed by atoms with Crippen molar-refractivity contribution in [2.24, 2.45) is 5.10 Å². The fraction of sp³-hybridized carbons (Fsp3) is 0.192. The molecule has 0 fully saturated rings. The third-order valence-corrected chi connectivity index (χ3v) is 6.17. The van der Waals surface area contributed by atoms with Crippen molar-refractivity contribution < 1.29 is 4.74 Å². The van der Waals surface area contributed by atoms with Crippen LogP contribution in [-0.2, 0) is 13.0 Å². The number of aryl methyl sites for hydroxylation is 1. The zero-order valence-corrected chi connectivity index (χ0v) is 21.3. The van der Waals surface area contributed by atoms with Gasteiger partial charge in [-0.1, -0.05) is 57.3 Å². The van der Waals surface area contributed by atoms with Gasteiger partial charge in [-0.05, 0) is 72.1 Å². The zero-order valence-electron chi connectivity index (χ0n) is 18.2. The van der Waals surface area contributed by atoms with Gasteiger partial charge in [0.25, 0.3) is 5.56 Å². The third-order valence-electron chi connectivity index (χ3n) is 5.15. The number of rotatable bonds is 8. The van der Waals surface area contributed by atoms with Crippen molar-refractivity contribution in [1.29, 1.82) is 0 Å². The fourth-order valence-electron chi connectivity index (χ4n) is 3.33. The largest absolute Gasteiger partial charge is 0.489 e. The second-order valence-electron chi connectivity index (χ2n) is 7.64. The molecule has 0 aliphatic rings. The molecule has 0 aliphatic heterocycles. The number of ether oxygens (including phenoxy) is 1. The molecular weight excluding hydrogens is 546 g/mol. The van der Waals surface area contributed by atoms with E-state index in [1.165, 1.54) is 4.68 Å². The van der Waals surface area contributed by atoms with Crippen molar-refractivity contribution in [2.45, 2.75) is 32.8 Å². The molecular formula is C26H23Br2N3O2. The smallest absolute Gasteiger partial charge is 0.282 e. The van der Waals surface area contributed by atoms with Gasteiger partial charge < -0.3 is 4.74 Å². The van der Waals surface area contributed by atoms with E-state index >= 15 is 0 Å². The summed E-state index contributed by atoms with van der Waals surface area (Å²) in [5.41, 5.74) is 2.48. The molecule has 168 valence electrons. The molecule has 5 nitrogen and oxygen atoms in total. The van der Waals surface area contributed by atoms with Gasteiger partial charge in [-0.2, -0.15) is 9.78 Å². The summed E-state index contributed by atoms with van der Waals surface area (Å²) in [6, 6.07) is 21.2. The molecule has 0 spiro atoms. The predicted molar refractivity (Wildman–Crippen MR) is 140 cm³/mol. The summed E-state index contributed by atoms with van der Waals surface area (Å²) >= 11 is 6.87. The lowest BCUT2D eigenvalue weighted by molar-refractivity contribution is 0.306. The maximum atomic E-state index is 13.1. The SMILES string of the molecule is CCCCc1nc2ccc(Br)cc2c(=O)n1N=Cc1ccc(OCc2ccc(Br)cc2)cc1. The molecule has 0 aliphatic carbocycles. The molecule has 0 N–H and O–H groups in total. The number of halogens is 2. The lowest BCUT2D eigenvalue weighted by Crippen LogP contribution is -2.22. The molecule has 0 atom stereocenters. The fourth-order valence-corrected chi connectivity index (χ4v) is 3.96. The summed E-state index contributed by atoms with van der Waals surface area (Å²) in [6.45, 7) is 2.61. The standard InChI is InChI=1S/C26H23Br2N3O2/c1-2-3-4-25-30-24-14-11-21(28)15-23(24)26(32)31(25)29-16-18-7-12-22(13-8-18)33-17-19-5-9-20(27)10-6-19/h5-16H,2-4,17H2,1H3. The molecule has 0 bridgehead atoms. The van der Waals surface area contributed by atoms with Crippen molar-refractivity contribution in [1.82, 2.24) is 9.66 Å². The van der Waals surface area contributed by atoms with Gasteiger partial charge in [0, 0.05) is 15.4 Å². The van der Waals surface area contributed by atoms with Crippen LogP contribution < -0.4 is 10.3 Å². The molecule has 1 aromatic heterocycles. The molecule has 0 saturated carbocycles. The highest BCUT2D eigenvalue weighted by molar-refractivity contribution is 9.10. The highest BCUT2D eigenvalue weighted by Gasteiger charge is 2.11. The van der Waals surface area contributed by atoms with Gasteiger partial charge in [-0.15, -0.1) is 0 Å². The van der Waals surface area contributed by atoms with Gasteiger partial charge in [0.15, 0.2) is 0 Å². The Bertz CT molecular complexity index is 1330. The summed E-state index contributed by atoms with van der Waals surface area (Å²) in [5, 5.41) is 5.04. The average molecular weight is 569 g/mol. The molecule has 4 aromatic rings. The van der Waals surface area contributed by atoms with E-state index in [9.17, 15) is 4.79 Å². The average Bonchev–Trinajstić information content (AvgIpc) is 2.83. The first-order valence-corrected chi connectivity index (χ1v) is 12.3. The van der Waals surface area contributed by atoms with Crippen molar-refractivity contribution in [3.8, 4) is 5.75 Å². The highest BCUT2D eigenvalue weighted by atomic mass is 79.9. The first-order valence-electron chi connectivity index (χ1n) is 10.8. The van der Waals surface area contributed by atoms with E-state index in [0.717, 1.165) is 38.7 Å². The summed E-state index contributed by atoms with van der Waals surface area (Å²) in [6.07, 6.45) is 4.33. The minimum absolute atomic E-state index is 0.168. The Morgan fingerprint density at radius 3 is 2.45 bits per heavy atom. The van der Waals surface area contributed by atoms with Gasteiger partial charge in [-0.25, -0.2) is 4.98 Å². The van der Waals surface area contributed by atoms with Crippen LogP contribution in [0.1, 0.15) is 36.7 Å². The van der Waals surface area contributed by atoms with Gasteiger partial charge >= 0.3 is 0 Å². The molecule has 33 heavy (non-hydrogen) atoms. The first kappa shape index (κ1) is 23.4. The van der Waals surface area contributed by atoms with E-state index in [1.807, 2.05) is 60.7 Å². The normalized spacial score (nSPS) is 11.4. The van der Waals surface area contributed by atoms with Crippen molar-refractivity contribution >= 4 is 49.0 Å². The predicted octanol–water partition coefficient (Wildman–Crippen LogP) is 6.73. The topological polar surface area (TPSA) is 56.5 Å². The van der Waals surface area contributed by atoms with Crippen LogP contribution in [-0.4, -0.2) is 15.9 Å². The number of benzene rings is 3. The van der Waals surface area contributed by atoms with E-state index in [0.29, 0.717) is 29.8 Å². The van der Waals surface area contributed by atoms with Crippen LogP contribution in [0.5, 0.6) is 5.75 Å². The van der Waals surface area contributed by atoms with E-state index in [4.69, 9.17) is 9.72 Å². The number of fused-ring (bicyclic) bond motifs is 1. The molecule has 0 radical (unpaired) electrons. The Kier molecular flexibility index (Phi) is 7.73. The third kappa shape index (κ3) is 5.97. The van der Waals surface area contributed by atoms with Crippen LogP contribution in [0.4, 0.5) is 0 Å². The number of nitrogens with zero attached hydrogens (tertiary/aromatic N) is 3. The molecule has 3 aromatic carbocycles. The molecule has 4 rings (SSSR count). The van der Waals surface area contributed by atoms with Crippen molar-refractivity contribution in [3.05, 3.63) is 103 Å². The van der Waals surface area contributed by atoms with Gasteiger partial charge in [-0.3, -0.25) is 4.79 Å². The van der Waals surface area contributed by atoms with Gasteiger partial charge in [0.2, 0.25) is 0 Å². The maximum Gasteiger partial charge on any atom is 0.282 e. The van der Waals surface area contributed by atoms with E-state index in [-0.39, 0.29) is 5.56 Å². The lowest BCUT2D eigenvalue weighted by Gasteiger charge is -2.09. The quantitative estimate of drug-likeness (QED) is 0.222. The Balaban J connectivity index is 1.55. The molecule has 7 heteroatoms. The molecule has 0 saturated heterocycles. The molecule has 1 heterocycles. The zero-order chi connectivity index (χ0) is 23.2. The van der Waals surface area contributed by atoms with E-state index in [2.05, 4.69) is 43.9 Å². The van der Waals surface area contributed by atoms with Crippen LogP contribution in [0.3, 0.4) is 0 Å². The minimum Gasteiger partial charge on any atom is -0.489 e. The summed E-state index contributed by atoms with van der Waals surface area (Å²) in [7, 11) is 0. The van der Waals surface area contributed by atoms with Crippen LogP contribution in [0.15, 0.2) is 85.6 Å². The summed E-state index contributed by atoms with van der Waals surface area (Å²) in [4.78, 5) is 17.9. The monoisotopic (exact) mass is 567 g/mol.